The molecule has 22 heavy (non-hydrogen) atoms. The van der Waals surface area contributed by atoms with Crippen molar-refractivity contribution >= 4 is 5.78 Å². The van der Waals surface area contributed by atoms with Crippen LogP contribution in [0.25, 0.3) is 0 Å². The number of ketones is 1. The predicted octanol–water partition coefficient (Wildman–Crippen LogP) is 4.20. The van der Waals surface area contributed by atoms with Gasteiger partial charge in [-0.25, -0.2) is 0 Å². The molecule has 2 aromatic carbocycles. The highest BCUT2D eigenvalue weighted by atomic mass is 16.1. The maximum absolute atomic E-state index is 11.7. The third kappa shape index (κ3) is 3.63. The molecule has 1 saturated carbocycles. The zero-order valence-electron chi connectivity index (χ0n) is 13.2. The quantitative estimate of drug-likeness (QED) is 0.762. The number of benzene rings is 2. The molecule has 3 rings (SSSR count). The highest BCUT2D eigenvalue weighted by Crippen LogP contribution is 2.46. The Balaban J connectivity index is 1.81. The second-order valence-corrected chi connectivity index (χ2v) is 6.43. The minimum absolute atomic E-state index is 0.0809. The van der Waals surface area contributed by atoms with Crippen LogP contribution in [-0.4, -0.2) is 16.2 Å². The highest BCUT2D eigenvalue weighted by molar-refractivity contribution is 5.77. The predicted molar refractivity (Wildman–Crippen MR) is 89.4 cm³/mol. The van der Waals surface area contributed by atoms with Gasteiger partial charge < -0.3 is 0 Å². The first-order valence-electron chi connectivity index (χ1n) is 8.00. The SMILES string of the molecule is CC(=O)CC1(N(Cc2ccccc2)Cc2ccccc2)CC1. The summed E-state index contributed by atoms with van der Waals surface area (Å²) in [5.74, 6) is 0.295. The van der Waals surface area contributed by atoms with Crippen molar-refractivity contribution < 1.29 is 4.79 Å². The van der Waals surface area contributed by atoms with E-state index in [2.05, 4.69) is 53.4 Å². The van der Waals surface area contributed by atoms with E-state index >= 15 is 0 Å². The van der Waals surface area contributed by atoms with Crippen molar-refractivity contribution in [3.8, 4) is 0 Å². The Bertz CT molecular complexity index is 575. The van der Waals surface area contributed by atoms with Crippen molar-refractivity contribution in [2.75, 3.05) is 0 Å². The van der Waals surface area contributed by atoms with Gasteiger partial charge in [0.25, 0.3) is 0 Å². The van der Waals surface area contributed by atoms with Gasteiger partial charge in [-0.1, -0.05) is 60.7 Å². The van der Waals surface area contributed by atoms with Crippen LogP contribution in [0.3, 0.4) is 0 Å². The molecule has 2 nitrogen and oxygen atoms in total. The van der Waals surface area contributed by atoms with E-state index in [1.165, 1.54) is 11.1 Å². The molecule has 0 N–H and O–H groups in total. The average molecular weight is 293 g/mol. The second kappa shape index (κ2) is 6.45. The lowest BCUT2D eigenvalue weighted by Gasteiger charge is -2.32. The molecule has 2 heteroatoms. The molecule has 0 saturated heterocycles. The van der Waals surface area contributed by atoms with Crippen LogP contribution in [-0.2, 0) is 17.9 Å². The van der Waals surface area contributed by atoms with Crippen LogP contribution in [0.1, 0.15) is 37.3 Å². The summed E-state index contributed by atoms with van der Waals surface area (Å²) in [5.41, 5.74) is 2.71. The zero-order valence-corrected chi connectivity index (χ0v) is 13.2. The molecule has 1 aliphatic carbocycles. The third-order valence-electron chi connectivity index (χ3n) is 4.51. The first-order chi connectivity index (χ1) is 10.7. The van der Waals surface area contributed by atoms with Crippen molar-refractivity contribution in [2.24, 2.45) is 0 Å². The molecule has 114 valence electrons. The number of hydrogen-bond acceptors (Lipinski definition) is 2. The number of rotatable bonds is 7. The Kier molecular flexibility index (Phi) is 4.39. The van der Waals surface area contributed by atoms with Gasteiger partial charge in [0.2, 0.25) is 0 Å². The Hall–Kier alpha value is -1.93. The first kappa shape index (κ1) is 15.0. The van der Waals surface area contributed by atoms with E-state index in [4.69, 9.17) is 0 Å². The summed E-state index contributed by atoms with van der Waals surface area (Å²) in [6.07, 6.45) is 2.94. The van der Waals surface area contributed by atoms with Gasteiger partial charge in [-0.15, -0.1) is 0 Å². The molecule has 1 fully saturated rings. The van der Waals surface area contributed by atoms with Gasteiger partial charge in [-0.3, -0.25) is 9.69 Å². The van der Waals surface area contributed by atoms with E-state index in [0.29, 0.717) is 12.2 Å². The number of Topliss-reactive ketones (excluding diaryl/α,β-unsaturated/α-hetero) is 1. The minimum Gasteiger partial charge on any atom is -0.300 e. The van der Waals surface area contributed by atoms with Crippen molar-refractivity contribution in [1.82, 2.24) is 4.90 Å². The van der Waals surface area contributed by atoms with E-state index in [9.17, 15) is 4.79 Å². The van der Waals surface area contributed by atoms with Crippen molar-refractivity contribution in [3.05, 3.63) is 71.8 Å². The summed E-state index contributed by atoms with van der Waals surface area (Å²) in [7, 11) is 0. The Morgan fingerprint density at radius 1 is 0.909 bits per heavy atom. The molecular weight excluding hydrogens is 270 g/mol. The molecule has 0 spiro atoms. The van der Waals surface area contributed by atoms with Crippen LogP contribution in [0.4, 0.5) is 0 Å². The van der Waals surface area contributed by atoms with Crippen molar-refractivity contribution in [2.45, 2.75) is 44.8 Å². The molecular formula is C20H23NO. The molecule has 0 aromatic heterocycles. The van der Waals surface area contributed by atoms with E-state index in [0.717, 1.165) is 25.9 Å². The molecule has 0 radical (unpaired) electrons. The lowest BCUT2D eigenvalue weighted by Crippen LogP contribution is -2.37. The normalized spacial score (nSPS) is 15.7. The summed E-state index contributed by atoms with van der Waals surface area (Å²) in [6, 6.07) is 21.1. The topological polar surface area (TPSA) is 20.3 Å². The molecule has 0 bridgehead atoms. The van der Waals surface area contributed by atoms with Crippen molar-refractivity contribution in [3.63, 3.8) is 0 Å². The molecule has 0 unspecified atom stereocenters. The number of nitrogens with zero attached hydrogens (tertiary/aromatic N) is 1. The van der Waals surface area contributed by atoms with Crippen LogP contribution < -0.4 is 0 Å². The van der Waals surface area contributed by atoms with Crippen LogP contribution >= 0.6 is 0 Å². The van der Waals surface area contributed by atoms with E-state index in [-0.39, 0.29) is 5.54 Å². The molecule has 0 amide bonds. The average Bonchev–Trinajstić information content (AvgIpc) is 3.29. The molecule has 2 aromatic rings. The summed E-state index contributed by atoms with van der Waals surface area (Å²) in [4.78, 5) is 14.2. The first-order valence-corrected chi connectivity index (χ1v) is 8.00. The van der Waals surface area contributed by atoms with Gasteiger partial charge >= 0.3 is 0 Å². The van der Waals surface area contributed by atoms with Gasteiger partial charge in [0.15, 0.2) is 0 Å². The molecule has 1 aliphatic rings. The van der Waals surface area contributed by atoms with Crippen LogP contribution in [0.5, 0.6) is 0 Å². The van der Waals surface area contributed by atoms with Crippen LogP contribution in [0.15, 0.2) is 60.7 Å². The summed E-state index contributed by atoms with van der Waals surface area (Å²) >= 11 is 0. The third-order valence-corrected chi connectivity index (χ3v) is 4.51. The van der Waals surface area contributed by atoms with E-state index in [1.54, 1.807) is 6.92 Å². The fraction of sp³-hybridized carbons (Fsp3) is 0.350. The zero-order chi connectivity index (χ0) is 15.4. The Morgan fingerprint density at radius 3 is 1.73 bits per heavy atom. The van der Waals surface area contributed by atoms with Crippen LogP contribution in [0, 0.1) is 0 Å². The van der Waals surface area contributed by atoms with Crippen LogP contribution in [0.2, 0.25) is 0 Å². The lowest BCUT2D eigenvalue weighted by atomic mass is 10.0. The highest BCUT2D eigenvalue weighted by Gasteiger charge is 2.48. The number of carbonyl (C=O) groups is 1. The standard InChI is InChI=1S/C20H23NO/c1-17(22)14-20(12-13-20)21(15-18-8-4-2-5-9-18)16-19-10-6-3-7-11-19/h2-11H,12-16H2,1H3. The fourth-order valence-corrected chi connectivity index (χ4v) is 3.21. The second-order valence-electron chi connectivity index (χ2n) is 6.43. The van der Waals surface area contributed by atoms with E-state index < -0.39 is 0 Å². The molecule has 0 aliphatic heterocycles. The summed E-state index contributed by atoms with van der Waals surface area (Å²) < 4.78 is 0. The fourth-order valence-electron chi connectivity index (χ4n) is 3.21. The Morgan fingerprint density at radius 2 is 1.36 bits per heavy atom. The van der Waals surface area contributed by atoms with Crippen molar-refractivity contribution in [1.29, 1.82) is 0 Å². The summed E-state index contributed by atoms with van der Waals surface area (Å²) in [6.45, 7) is 3.52. The number of hydrogen-bond donors (Lipinski definition) is 0. The van der Waals surface area contributed by atoms with Gasteiger partial charge in [-0.2, -0.15) is 0 Å². The molecule has 0 heterocycles. The maximum atomic E-state index is 11.7. The van der Waals surface area contributed by atoms with Gasteiger partial charge in [0, 0.05) is 25.0 Å². The van der Waals surface area contributed by atoms with Gasteiger partial charge in [0.05, 0.1) is 0 Å². The van der Waals surface area contributed by atoms with Gasteiger partial charge in [0.1, 0.15) is 5.78 Å². The summed E-state index contributed by atoms with van der Waals surface area (Å²) in [5, 5.41) is 0. The monoisotopic (exact) mass is 293 g/mol. The number of carbonyl (C=O) groups excluding carboxylic acids is 1. The van der Waals surface area contributed by atoms with Gasteiger partial charge in [-0.05, 0) is 30.9 Å². The van der Waals surface area contributed by atoms with E-state index in [1.807, 2.05) is 12.1 Å². The maximum Gasteiger partial charge on any atom is 0.131 e. The largest absolute Gasteiger partial charge is 0.300 e. The Labute approximate surface area is 132 Å². The smallest absolute Gasteiger partial charge is 0.131 e. The minimum atomic E-state index is 0.0809. The molecule has 0 atom stereocenters. The lowest BCUT2D eigenvalue weighted by molar-refractivity contribution is -0.118.